The predicted molar refractivity (Wildman–Crippen MR) is 121 cm³/mol. The molecule has 2 aromatic carbocycles. The average Bonchev–Trinajstić information content (AvgIpc) is 2.84. The Morgan fingerprint density at radius 2 is 1.76 bits per heavy atom. The molecule has 1 aliphatic rings. The average molecular weight is 470 g/mol. The highest BCUT2D eigenvalue weighted by molar-refractivity contribution is 6.00. The molecule has 0 unspecified atom stereocenters. The maximum Gasteiger partial charge on any atom is 0.416 e. The predicted octanol–water partition coefficient (Wildman–Crippen LogP) is 4.94. The molecule has 0 spiro atoms. The van der Waals surface area contributed by atoms with Gasteiger partial charge in [0.2, 0.25) is 0 Å². The van der Waals surface area contributed by atoms with Gasteiger partial charge in [-0.1, -0.05) is 36.4 Å². The molecule has 3 aromatic rings. The molecule has 178 valence electrons. The fourth-order valence-electron chi connectivity index (χ4n) is 3.87. The van der Waals surface area contributed by atoms with Gasteiger partial charge in [-0.05, 0) is 34.9 Å². The number of hydrogen-bond donors (Lipinski definition) is 0. The maximum absolute atomic E-state index is 14.1. The molecular weight excluding hydrogens is 445 g/mol. The second-order valence-corrected chi connectivity index (χ2v) is 8.13. The quantitative estimate of drug-likeness (QED) is 0.437. The molecule has 5 nitrogen and oxygen atoms in total. The van der Waals surface area contributed by atoms with E-state index in [9.17, 15) is 18.0 Å². The lowest BCUT2D eigenvalue weighted by Gasteiger charge is -2.28. The van der Waals surface area contributed by atoms with Crippen molar-refractivity contribution < 1.29 is 27.4 Å². The van der Waals surface area contributed by atoms with Crippen molar-refractivity contribution in [2.45, 2.75) is 25.7 Å². The first-order valence-corrected chi connectivity index (χ1v) is 11.0. The van der Waals surface area contributed by atoms with Crippen molar-refractivity contribution in [1.82, 2.24) is 9.88 Å². The van der Waals surface area contributed by atoms with Crippen molar-refractivity contribution in [2.24, 2.45) is 0 Å². The molecule has 8 heteroatoms. The van der Waals surface area contributed by atoms with Crippen LogP contribution < -0.4 is 4.74 Å². The minimum absolute atomic E-state index is 0.0738. The summed E-state index contributed by atoms with van der Waals surface area (Å²) in [6.45, 7) is 2.26. The van der Waals surface area contributed by atoms with E-state index in [-0.39, 0.29) is 36.4 Å². The van der Waals surface area contributed by atoms with E-state index in [2.05, 4.69) is 4.98 Å². The third-order valence-electron chi connectivity index (χ3n) is 5.63. The Morgan fingerprint density at radius 1 is 1.03 bits per heavy atom. The van der Waals surface area contributed by atoms with Crippen LogP contribution in [0.1, 0.15) is 32.6 Å². The van der Waals surface area contributed by atoms with Crippen molar-refractivity contribution in [3.8, 4) is 5.75 Å². The Labute approximate surface area is 196 Å². The third-order valence-corrected chi connectivity index (χ3v) is 5.63. The van der Waals surface area contributed by atoms with Crippen LogP contribution >= 0.6 is 0 Å². The van der Waals surface area contributed by atoms with Crippen LogP contribution in [-0.2, 0) is 30.5 Å². The van der Waals surface area contributed by atoms with Gasteiger partial charge in [0.1, 0.15) is 12.4 Å². The first-order valence-electron chi connectivity index (χ1n) is 11.0. The second kappa shape index (κ2) is 10.8. The van der Waals surface area contributed by atoms with Gasteiger partial charge in [-0.3, -0.25) is 14.7 Å². The van der Waals surface area contributed by atoms with Crippen molar-refractivity contribution in [3.63, 3.8) is 0 Å². The Balaban J connectivity index is 1.70. The van der Waals surface area contributed by atoms with Gasteiger partial charge >= 0.3 is 6.18 Å². The number of ether oxygens (including phenoxy) is 2. The number of benzene rings is 2. The Kier molecular flexibility index (Phi) is 7.59. The lowest BCUT2D eigenvalue weighted by molar-refractivity contribution is -0.138. The number of Topliss-reactive ketones (excluding diaryl/α,β-unsaturated/α-hetero) is 1. The molecule has 0 N–H and O–H groups in total. The highest BCUT2D eigenvalue weighted by atomic mass is 19.4. The zero-order valence-electron chi connectivity index (χ0n) is 18.6. The zero-order valence-corrected chi connectivity index (χ0v) is 18.6. The van der Waals surface area contributed by atoms with Crippen LogP contribution in [0.3, 0.4) is 0 Å². The van der Waals surface area contributed by atoms with E-state index in [4.69, 9.17) is 9.47 Å². The van der Waals surface area contributed by atoms with Crippen LogP contribution in [0.5, 0.6) is 5.75 Å². The molecule has 0 bridgehead atoms. The van der Waals surface area contributed by atoms with E-state index in [0.29, 0.717) is 31.9 Å². The molecule has 4 rings (SSSR count). The van der Waals surface area contributed by atoms with E-state index in [0.717, 1.165) is 11.6 Å². The van der Waals surface area contributed by atoms with E-state index in [1.807, 2.05) is 35.2 Å². The highest BCUT2D eigenvalue weighted by Crippen LogP contribution is 2.37. The highest BCUT2D eigenvalue weighted by Gasteiger charge is 2.36. The zero-order chi connectivity index (χ0) is 24.0. The minimum atomic E-state index is -4.61. The van der Waals surface area contributed by atoms with E-state index < -0.39 is 17.5 Å². The van der Waals surface area contributed by atoms with E-state index >= 15 is 0 Å². The van der Waals surface area contributed by atoms with Gasteiger partial charge in [-0.25, -0.2) is 0 Å². The normalized spacial score (nSPS) is 14.7. The summed E-state index contributed by atoms with van der Waals surface area (Å²) in [5, 5.41) is 0. The molecule has 34 heavy (non-hydrogen) atoms. The number of aromatic nitrogens is 1. The first-order chi connectivity index (χ1) is 16.4. The lowest BCUT2D eigenvalue weighted by atomic mass is 9.96. The molecule has 0 saturated carbocycles. The van der Waals surface area contributed by atoms with Crippen molar-refractivity contribution in [3.05, 3.63) is 94.8 Å². The first kappa shape index (κ1) is 23.9. The van der Waals surface area contributed by atoms with Gasteiger partial charge < -0.3 is 9.47 Å². The summed E-state index contributed by atoms with van der Waals surface area (Å²) in [5.41, 5.74) is 0.643. The van der Waals surface area contributed by atoms with Crippen LogP contribution in [0.15, 0.2) is 67.0 Å². The maximum atomic E-state index is 14.1. The summed E-state index contributed by atoms with van der Waals surface area (Å²) in [7, 11) is 0. The molecule has 0 radical (unpaired) electrons. The number of pyridine rings is 1. The van der Waals surface area contributed by atoms with Crippen molar-refractivity contribution in [1.29, 1.82) is 0 Å². The molecular formula is C26H25F3N2O3. The fraction of sp³-hybridized carbons (Fsp3) is 0.308. The molecule has 0 atom stereocenters. The molecule has 1 aliphatic heterocycles. The third kappa shape index (κ3) is 6.21. The van der Waals surface area contributed by atoms with Gasteiger partial charge in [0, 0.05) is 38.4 Å². The number of rotatable bonds is 8. The number of morpholine rings is 1. The topological polar surface area (TPSA) is 51.7 Å². The number of hydrogen-bond acceptors (Lipinski definition) is 5. The number of nitrogens with zero attached hydrogens (tertiary/aromatic N) is 2. The molecule has 0 amide bonds. The largest absolute Gasteiger partial charge is 0.488 e. The second-order valence-electron chi connectivity index (χ2n) is 8.13. The lowest BCUT2D eigenvalue weighted by Crippen LogP contribution is -2.36. The van der Waals surface area contributed by atoms with Gasteiger partial charge in [-0.2, -0.15) is 13.2 Å². The summed E-state index contributed by atoms with van der Waals surface area (Å²) >= 11 is 0. The van der Waals surface area contributed by atoms with Crippen LogP contribution in [0.4, 0.5) is 13.2 Å². The molecule has 1 saturated heterocycles. The van der Waals surface area contributed by atoms with Crippen LogP contribution in [-0.4, -0.2) is 42.0 Å². The summed E-state index contributed by atoms with van der Waals surface area (Å²) < 4.78 is 53.4. The standard InChI is InChI=1S/C26H25F3N2O3/c27-26(28,29)23-15-22(24(32)13-20-7-4-8-30-16-20)25(34-18-19-5-2-1-3-6-19)14-21(23)17-31-9-11-33-12-10-31/h1-8,14-16H,9-13,17-18H2. The van der Waals surface area contributed by atoms with Crippen molar-refractivity contribution >= 4 is 5.78 Å². The summed E-state index contributed by atoms with van der Waals surface area (Å²) in [4.78, 5) is 19.0. The monoisotopic (exact) mass is 470 g/mol. The summed E-state index contributed by atoms with van der Waals surface area (Å²) in [6.07, 6.45) is -1.58. The number of carbonyl (C=O) groups is 1. The van der Waals surface area contributed by atoms with Gasteiger partial charge in [0.05, 0.1) is 24.3 Å². The SMILES string of the molecule is O=C(Cc1cccnc1)c1cc(C(F)(F)F)c(CN2CCOCC2)cc1OCc1ccccc1. The summed E-state index contributed by atoms with van der Waals surface area (Å²) in [6, 6.07) is 15.0. The Morgan fingerprint density at radius 3 is 2.44 bits per heavy atom. The van der Waals surface area contributed by atoms with Crippen molar-refractivity contribution in [2.75, 3.05) is 26.3 Å². The van der Waals surface area contributed by atoms with Gasteiger partial charge in [0.15, 0.2) is 5.78 Å². The summed E-state index contributed by atoms with van der Waals surface area (Å²) in [5.74, 6) is -0.312. The fourth-order valence-corrected chi connectivity index (χ4v) is 3.87. The molecule has 2 heterocycles. The Bertz CT molecular complexity index is 1100. The molecule has 1 aromatic heterocycles. The van der Waals surface area contributed by atoms with Crippen LogP contribution in [0.2, 0.25) is 0 Å². The minimum Gasteiger partial charge on any atom is -0.488 e. The number of carbonyl (C=O) groups excluding carboxylic acids is 1. The van der Waals surface area contributed by atoms with Gasteiger partial charge in [-0.15, -0.1) is 0 Å². The van der Waals surface area contributed by atoms with E-state index in [1.165, 1.54) is 12.3 Å². The number of halogens is 3. The van der Waals surface area contributed by atoms with Gasteiger partial charge in [0.25, 0.3) is 0 Å². The smallest absolute Gasteiger partial charge is 0.416 e. The number of ketones is 1. The number of alkyl halides is 3. The Hall–Kier alpha value is -3.23. The van der Waals surface area contributed by atoms with Crippen LogP contribution in [0.25, 0.3) is 0 Å². The molecule has 0 aliphatic carbocycles. The molecule has 1 fully saturated rings. The van der Waals surface area contributed by atoms with Crippen LogP contribution in [0, 0.1) is 0 Å². The van der Waals surface area contributed by atoms with E-state index in [1.54, 1.807) is 18.3 Å².